The van der Waals surface area contributed by atoms with Crippen molar-refractivity contribution >= 4 is 34.4 Å². The van der Waals surface area contributed by atoms with E-state index in [-0.39, 0.29) is 5.88 Å². The molecule has 0 radical (unpaired) electrons. The lowest BCUT2D eigenvalue weighted by Gasteiger charge is -2.11. The number of ether oxygens (including phenoxy) is 1. The fourth-order valence-electron chi connectivity index (χ4n) is 3.76. The van der Waals surface area contributed by atoms with Gasteiger partial charge in [0.1, 0.15) is 0 Å². The molecular weight excluding hydrogens is 422 g/mol. The van der Waals surface area contributed by atoms with Crippen LogP contribution in [0.25, 0.3) is 6.08 Å². The summed E-state index contributed by atoms with van der Waals surface area (Å²) in [6.07, 6.45) is 2.98. The van der Waals surface area contributed by atoms with Gasteiger partial charge in [0.15, 0.2) is 5.13 Å². The normalized spacial score (nSPS) is 21.0. The maximum Gasteiger partial charge on any atom is 0.248 e. The third-order valence-electron chi connectivity index (χ3n) is 5.41. The fraction of sp³-hybridized carbons (Fsp3) is 0.250. The summed E-state index contributed by atoms with van der Waals surface area (Å²) < 4.78 is 5.70. The van der Waals surface area contributed by atoms with Crippen molar-refractivity contribution in [2.24, 2.45) is 15.0 Å². The van der Waals surface area contributed by atoms with Gasteiger partial charge in [0.05, 0.1) is 22.4 Å². The second kappa shape index (κ2) is 8.55. The molecule has 162 valence electrons. The number of nitrogens with one attached hydrogen (secondary N) is 1. The highest BCUT2D eigenvalue weighted by Crippen LogP contribution is 2.43. The van der Waals surface area contributed by atoms with Crippen LogP contribution in [-0.2, 0) is 4.74 Å². The summed E-state index contributed by atoms with van der Waals surface area (Å²) in [6, 6.07) is 16.6. The van der Waals surface area contributed by atoms with E-state index in [1.54, 1.807) is 7.05 Å². The number of benzene rings is 2. The monoisotopic (exact) mass is 445 g/mol. The van der Waals surface area contributed by atoms with Crippen LogP contribution in [0.15, 0.2) is 63.5 Å². The predicted octanol–water partition coefficient (Wildman–Crippen LogP) is 3.05. The SMILES string of the molecule is CCOC1=NC(=NC)N=c2ccc(=Cc3sc(NC4C[C@@H]4c4ccccc4)nc3O)cc21. The van der Waals surface area contributed by atoms with E-state index in [0.717, 1.165) is 27.7 Å². The smallest absolute Gasteiger partial charge is 0.248 e. The lowest BCUT2D eigenvalue weighted by Crippen LogP contribution is -2.27. The molecule has 8 heteroatoms. The van der Waals surface area contributed by atoms with Crippen LogP contribution < -0.4 is 15.9 Å². The molecule has 32 heavy (non-hydrogen) atoms. The maximum atomic E-state index is 10.4. The molecular formula is C24H23N5O2S. The minimum Gasteiger partial charge on any atom is -0.492 e. The van der Waals surface area contributed by atoms with Crippen molar-refractivity contribution in [3.8, 4) is 5.88 Å². The molecule has 0 bridgehead atoms. The van der Waals surface area contributed by atoms with Crippen LogP contribution in [0, 0.1) is 0 Å². The number of thiazole rings is 1. The molecule has 0 saturated heterocycles. The van der Waals surface area contributed by atoms with Crippen LogP contribution in [0.1, 0.15) is 35.3 Å². The topological polar surface area (TPSA) is 91.5 Å². The molecule has 3 aromatic rings. The van der Waals surface area contributed by atoms with Gasteiger partial charge < -0.3 is 15.2 Å². The van der Waals surface area contributed by atoms with Crippen LogP contribution in [0.5, 0.6) is 5.88 Å². The summed E-state index contributed by atoms with van der Waals surface area (Å²) >= 11 is 1.44. The first-order valence-corrected chi connectivity index (χ1v) is 11.4. The molecule has 2 heterocycles. The molecule has 0 amide bonds. The van der Waals surface area contributed by atoms with Gasteiger partial charge in [-0.2, -0.15) is 9.98 Å². The van der Waals surface area contributed by atoms with E-state index in [0.29, 0.717) is 35.3 Å². The van der Waals surface area contributed by atoms with Gasteiger partial charge in [-0.1, -0.05) is 47.7 Å². The van der Waals surface area contributed by atoms with Crippen molar-refractivity contribution in [2.75, 3.05) is 19.0 Å². The van der Waals surface area contributed by atoms with E-state index in [4.69, 9.17) is 4.74 Å². The van der Waals surface area contributed by atoms with Crippen molar-refractivity contribution < 1.29 is 9.84 Å². The van der Waals surface area contributed by atoms with Gasteiger partial charge in [0, 0.05) is 19.0 Å². The van der Waals surface area contributed by atoms with E-state index in [2.05, 4.69) is 49.5 Å². The number of hydrogen-bond donors (Lipinski definition) is 2. The molecule has 2 N–H and O–H groups in total. The van der Waals surface area contributed by atoms with Gasteiger partial charge in [-0.3, -0.25) is 4.99 Å². The lowest BCUT2D eigenvalue weighted by molar-refractivity contribution is 0.328. The van der Waals surface area contributed by atoms with Gasteiger partial charge >= 0.3 is 0 Å². The zero-order valence-corrected chi connectivity index (χ0v) is 18.6. The summed E-state index contributed by atoms with van der Waals surface area (Å²) in [7, 11) is 1.65. The van der Waals surface area contributed by atoms with Gasteiger partial charge in [-0.15, -0.1) is 0 Å². The van der Waals surface area contributed by atoms with E-state index in [9.17, 15) is 5.11 Å². The number of aliphatic imine (C=N–C) groups is 2. The Kier molecular flexibility index (Phi) is 5.45. The highest BCUT2D eigenvalue weighted by Gasteiger charge is 2.38. The van der Waals surface area contributed by atoms with E-state index >= 15 is 0 Å². The number of fused-ring (bicyclic) bond motifs is 1. The average molecular weight is 446 g/mol. The van der Waals surface area contributed by atoms with E-state index < -0.39 is 0 Å². The third kappa shape index (κ3) is 4.13. The van der Waals surface area contributed by atoms with Crippen molar-refractivity contribution in [1.82, 2.24) is 4.98 Å². The largest absolute Gasteiger partial charge is 0.492 e. The van der Waals surface area contributed by atoms with Crippen LogP contribution >= 0.6 is 11.3 Å². The van der Waals surface area contributed by atoms with Gasteiger partial charge in [0.25, 0.3) is 0 Å². The Morgan fingerprint density at radius 3 is 2.84 bits per heavy atom. The second-order valence-electron chi connectivity index (χ2n) is 7.62. The second-order valence-corrected chi connectivity index (χ2v) is 8.65. The molecule has 1 aromatic heterocycles. The number of hydrogen-bond acceptors (Lipinski definition) is 6. The molecule has 1 aliphatic carbocycles. The predicted molar refractivity (Wildman–Crippen MR) is 127 cm³/mol. The van der Waals surface area contributed by atoms with Gasteiger partial charge in [-0.25, -0.2) is 4.99 Å². The first-order chi connectivity index (χ1) is 15.6. The quantitative estimate of drug-likeness (QED) is 0.632. The Morgan fingerprint density at radius 2 is 2.06 bits per heavy atom. The first kappa shape index (κ1) is 20.4. The summed E-state index contributed by atoms with van der Waals surface area (Å²) in [5.74, 6) is 1.41. The summed E-state index contributed by atoms with van der Waals surface area (Å²) in [5.41, 5.74) is 2.14. The van der Waals surface area contributed by atoms with E-state index in [1.165, 1.54) is 16.9 Å². The third-order valence-corrected chi connectivity index (χ3v) is 6.34. The molecule has 2 atom stereocenters. The fourth-order valence-corrected chi connectivity index (χ4v) is 4.64. The van der Waals surface area contributed by atoms with Crippen LogP contribution in [-0.4, -0.2) is 41.6 Å². The average Bonchev–Trinajstić information content (AvgIpc) is 3.49. The molecule has 1 aliphatic heterocycles. The molecule has 1 fully saturated rings. The highest BCUT2D eigenvalue weighted by molar-refractivity contribution is 7.16. The van der Waals surface area contributed by atoms with Crippen LogP contribution in [0.2, 0.25) is 0 Å². The van der Waals surface area contributed by atoms with Crippen LogP contribution in [0.3, 0.4) is 0 Å². The minimum atomic E-state index is 0.0240. The Labute approximate surface area is 189 Å². The Morgan fingerprint density at radius 1 is 1.22 bits per heavy atom. The van der Waals surface area contributed by atoms with Gasteiger partial charge in [-0.05, 0) is 42.3 Å². The molecule has 7 nitrogen and oxygen atoms in total. The summed E-state index contributed by atoms with van der Waals surface area (Å²) in [6.45, 7) is 2.41. The number of aromatic nitrogens is 1. The van der Waals surface area contributed by atoms with Gasteiger partial charge in [0.2, 0.25) is 17.7 Å². The zero-order chi connectivity index (χ0) is 22.1. The molecule has 2 aliphatic rings. The van der Waals surface area contributed by atoms with Crippen molar-refractivity contribution in [1.29, 1.82) is 0 Å². The molecule has 1 unspecified atom stereocenters. The molecule has 0 spiro atoms. The molecule has 5 rings (SSSR count). The number of nitrogens with zero attached hydrogens (tertiary/aromatic N) is 4. The highest BCUT2D eigenvalue weighted by atomic mass is 32.1. The van der Waals surface area contributed by atoms with Crippen molar-refractivity contribution in [2.45, 2.75) is 25.3 Å². The summed E-state index contributed by atoms with van der Waals surface area (Å²) in [5, 5.41) is 16.2. The Balaban J connectivity index is 1.39. The minimum absolute atomic E-state index is 0.0240. The van der Waals surface area contributed by atoms with Crippen LogP contribution in [0.4, 0.5) is 5.13 Å². The molecule has 1 saturated carbocycles. The zero-order valence-electron chi connectivity index (χ0n) is 17.8. The Hall–Kier alpha value is -3.52. The maximum absolute atomic E-state index is 10.4. The Bertz CT molecular complexity index is 1330. The number of guanidine groups is 1. The number of aromatic hydroxyl groups is 1. The standard InChI is InChI=1S/C24H23N5O2S/c1-3-31-22-17-11-14(9-10-18(17)26-23(25-2)29-22)12-20-21(30)28-24(32-20)27-19-13-16(19)15-7-5-4-6-8-15/h4-12,16,19,30H,3,13H2,1-2H3,(H,27,28)/t16-,19?/m1/s1. The van der Waals surface area contributed by atoms with E-state index in [1.807, 2.05) is 37.3 Å². The van der Waals surface area contributed by atoms with Crippen molar-refractivity contribution in [3.05, 3.63) is 75.1 Å². The first-order valence-electron chi connectivity index (χ1n) is 10.5. The summed E-state index contributed by atoms with van der Waals surface area (Å²) in [4.78, 5) is 17.9. The lowest BCUT2D eigenvalue weighted by atomic mass is 10.1. The molecule has 2 aromatic carbocycles. The number of rotatable bonds is 5. The number of anilines is 1. The van der Waals surface area contributed by atoms with Crippen molar-refractivity contribution in [3.63, 3.8) is 0 Å².